The van der Waals surface area contributed by atoms with Gasteiger partial charge in [-0.25, -0.2) is 9.97 Å². The highest BCUT2D eigenvalue weighted by Crippen LogP contribution is 2.37. The van der Waals surface area contributed by atoms with Gasteiger partial charge in [-0.3, -0.25) is 4.79 Å². The molecule has 2 aromatic rings. The van der Waals surface area contributed by atoms with Crippen molar-refractivity contribution in [3.63, 3.8) is 0 Å². The third kappa shape index (κ3) is 4.23. The Morgan fingerprint density at radius 2 is 2.14 bits per heavy atom. The van der Waals surface area contributed by atoms with Crippen LogP contribution in [0, 0.1) is 13.8 Å². The first-order valence-corrected chi connectivity index (χ1v) is 7.00. The number of amides is 1. The van der Waals surface area contributed by atoms with Crippen LogP contribution < -0.4 is 5.32 Å². The minimum absolute atomic E-state index is 0.0153. The number of hydrogen-bond donors (Lipinski definition) is 1. The maximum atomic E-state index is 12.4. The molecule has 118 valence electrons. The Bertz CT molecular complexity index is 666. The minimum atomic E-state index is -4.51. The van der Waals surface area contributed by atoms with Crippen LogP contribution in [0.5, 0.6) is 0 Å². The van der Waals surface area contributed by atoms with E-state index in [2.05, 4.69) is 15.3 Å². The lowest BCUT2D eigenvalue weighted by atomic mass is 10.2. The topological polar surface area (TPSA) is 68.0 Å². The molecule has 2 aromatic heterocycles. The Balaban J connectivity index is 2.09. The van der Waals surface area contributed by atoms with Gasteiger partial charge in [-0.2, -0.15) is 13.2 Å². The number of nitrogens with one attached hydrogen (secondary N) is 1. The second kappa shape index (κ2) is 6.39. The van der Waals surface area contributed by atoms with Crippen molar-refractivity contribution in [3.05, 3.63) is 41.2 Å². The van der Waals surface area contributed by atoms with Crippen molar-refractivity contribution in [2.24, 2.45) is 0 Å². The fourth-order valence-corrected chi connectivity index (χ4v) is 2.22. The van der Waals surface area contributed by atoms with Gasteiger partial charge in [-0.1, -0.05) is 0 Å². The predicted octanol–water partition coefficient (Wildman–Crippen LogP) is 3.23. The molecule has 0 spiro atoms. The molecule has 0 saturated carbocycles. The number of halogens is 3. The third-order valence-electron chi connectivity index (χ3n) is 2.70. The van der Waals surface area contributed by atoms with Gasteiger partial charge in [0.25, 0.3) is 5.91 Å². The lowest BCUT2D eigenvalue weighted by Gasteiger charge is -2.09. The van der Waals surface area contributed by atoms with Gasteiger partial charge >= 0.3 is 5.51 Å². The molecule has 0 bridgehead atoms. The summed E-state index contributed by atoms with van der Waals surface area (Å²) in [5.74, 6) is 0.240. The fraction of sp³-hybridized carbons (Fsp3) is 0.308. The molecule has 0 aliphatic heterocycles. The van der Waals surface area contributed by atoms with Crippen LogP contribution in [-0.4, -0.2) is 21.4 Å². The fourth-order valence-electron chi connectivity index (χ4n) is 1.62. The molecular weight excluding hydrogens is 319 g/mol. The van der Waals surface area contributed by atoms with Crippen LogP contribution >= 0.6 is 11.8 Å². The van der Waals surface area contributed by atoms with Gasteiger partial charge in [0.2, 0.25) is 5.89 Å². The monoisotopic (exact) mass is 331 g/mol. The lowest BCUT2D eigenvalue weighted by molar-refractivity contribution is -0.0329. The molecule has 2 rings (SSSR count). The number of aryl methyl sites for hydroxylation is 2. The quantitative estimate of drug-likeness (QED) is 0.871. The molecule has 0 saturated heterocycles. The summed E-state index contributed by atoms with van der Waals surface area (Å²) in [6.07, 6.45) is 1.20. The number of hydrogen-bond acceptors (Lipinski definition) is 5. The number of nitrogens with zero attached hydrogens (tertiary/aromatic N) is 2. The normalized spacial score (nSPS) is 11.5. The standard InChI is InChI=1S/C13H12F3N3O2S/c1-7-8(2)21-10(19-7)6-18-11(20)9-4-3-5-17-12(9)22-13(14,15)16/h3-5H,6H2,1-2H3,(H,18,20). The van der Waals surface area contributed by atoms with Crippen LogP contribution in [0.25, 0.3) is 0 Å². The number of carbonyl (C=O) groups is 1. The Morgan fingerprint density at radius 1 is 1.41 bits per heavy atom. The van der Waals surface area contributed by atoms with Gasteiger partial charge in [0.15, 0.2) is 0 Å². The van der Waals surface area contributed by atoms with E-state index in [9.17, 15) is 18.0 Å². The molecule has 2 heterocycles. The molecule has 1 N–H and O–H groups in total. The zero-order valence-corrected chi connectivity index (χ0v) is 12.5. The summed E-state index contributed by atoms with van der Waals surface area (Å²) in [5.41, 5.74) is -3.97. The molecule has 9 heteroatoms. The van der Waals surface area contributed by atoms with E-state index in [1.165, 1.54) is 18.3 Å². The lowest BCUT2D eigenvalue weighted by Crippen LogP contribution is -2.24. The number of pyridine rings is 1. The van der Waals surface area contributed by atoms with Crippen molar-refractivity contribution in [2.75, 3.05) is 0 Å². The molecule has 22 heavy (non-hydrogen) atoms. The SMILES string of the molecule is Cc1nc(CNC(=O)c2cccnc2SC(F)(F)F)oc1C. The van der Waals surface area contributed by atoms with Crippen LogP contribution in [0.4, 0.5) is 13.2 Å². The van der Waals surface area contributed by atoms with Crippen molar-refractivity contribution in [2.45, 2.75) is 30.9 Å². The number of rotatable bonds is 4. The maximum absolute atomic E-state index is 12.4. The number of thioether (sulfide) groups is 1. The van der Waals surface area contributed by atoms with E-state index in [4.69, 9.17) is 4.42 Å². The highest BCUT2D eigenvalue weighted by molar-refractivity contribution is 8.00. The van der Waals surface area contributed by atoms with E-state index in [0.29, 0.717) is 11.5 Å². The first-order chi connectivity index (χ1) is 10.3. The van der Waals surface area contributed by atoms with E-state index in [1.54, 1.807) is 13.8 Å². The van der Waals surface area contributed by atoms with Crippen LogP contribution in [0.1, 0.15) is 27.7 Å². The van der Waals surface area contributed by atoms with Crippen molar-refractivity contribution in [1.82, 2.24) is 15.3 Å². The van der Waals surface area contributed by atoms with Crippen LogP contribution in [0.2, 0.25) is 0 Å². The van der Waals surface area contributed by atoms with Crippen LogP contribution in [-0.2, 0) is 6.54 Å². The van der Waals surface area contributed by atoms with Gasteiger partial charge < -0.3 is 9.73 Å². The van der Waals surface area contributed by atoms with Gasteiger partial charge in [0.05, 0.1) is 17.8 Å². The van der Waals surface area contributed by atoms with E-state index in [0.717, 1.165) is 0 Å². The minimum Gasteiger partial charge on any atom is -0.444 e. The highest BCUT2D eigenvalue weighted by Gasteiger charge is 2.32. The van der Waals surface area contributed by atoms with E-state index in [1.807, 2.05) is 0 Å². The first-order valence-electron chi connectivity index (χ1n) is 6.18. The molecule has 0 atom stereocenters. The third-order valence-corrected chi connectivity index (χ3v) is 3.45. The summed E-state index contributed by atoms with van der Waals surface area (Å²) < 4.78 is 42.6. The predicted molar refractivity (Wildman–Crippen MR) is 73.3 cm³/mol. The highest BCUT2D eigenvalue weighted by atomic mass is 32.2. The Morgan fingerprint density at radius 3 is 2.73 bits per heavy atom. The molecule has 0 fully saturated rings. The number of oxazole rings is 1. The molecule has 0 aromatic carbocycles. The molecule has 0 aliphatic rings. The van der Waals surface area contributed by atoms with E-state index in [-0.39, 0.29) is 18.0 Å². The van der Waals surface area contributed by atoms with E-state index < -0.39 is 28.2 Å². The smallest absolute Gasteiger partial charge is 0.444 e. The molecule has 5 nitrogen and oxygen atoms in total. The largest absolute Gasteiger partial charge is 0.447 e. The summed E-state index contributed by atoms with van der Waals surface area (Å²) in [4.78, 5) is 19.7. The second-order valence-electron chi connectivity index (χ2n) is 4.34. The summed E-state index contributed by atoms with van der Waals surface area (Å²) in [6.45, 7) is 3.47. The number of aromatic nitrogens is 2. The average molecular weight is 331 g/mol. The Kier molecular flexibility index (Phi) is 4.74. The van der Waals surface area contributed by atoms with Crippen molar-refractivity contribution in [1.29, 1.82) is 0 Å². The zero-order valence-electron chi connectivity index (χ0n) is 11.7. The zero-order chi connectivity index (χ0) is 16.3. The summed E-state index contributed by atoms with van der Waals surface area (Å²) in [5, 5.41) is 2.07. The molecule has 0 radical (unpaired) electrons. The van der Waals surface area contributed by atoms with Crippen molar-refractivity contribution in [3.8, 4) is 0 Å². The second-order valence-corrected chi connectivity index (χ2v) is 5.39. The average Bonchev–Trinajstić information content (AvgIpc) is 2.74. The van der Waals surface area contributed by atoms with Crippen LogP contribution in [0.15, 0.2) is 27.8 Å². The summed E-state index contributed by atoms with van der Waals surface area (Å²) in [7, 11) is 0. The molecular formula is C13H12F3N3O2S. The Hall–Kier alpha value is -2.03. The van der Waals surface area contributed by atoms with E-state index >= 15 is 0 Å². The first kappa shape index (κ1) is 16.3. The van der Waals surface area contributed by atoms with Gasteiger partial charge in [0, 0.05) is 18.0 Å². The molecule has 0 aliphatic carbocycles. The molecule has 0 unspecified atom stereocenters. The molecule has 1 amide bonds. The number of alkyl halides is 3. The van der Waals surface area contributed by atoms with Crippen molar-refractivity contribution < 1.29 is 22.4 Å². The van der Waals surface area contributed by atoms with Gasteiger partial charge in [0.1, 0.15) is 10.8 Å². The number of carbonyl (C=O) groups excluding carboxylic acids is 1. The van der Waals surface area contributed by atoms with Gasteiger partial charge in [-0.15, -0.1) is 0 Å². The summed E-state index contributed by atoms with van der Waals surface area (Å²) in [6, 6.07) is 2.68. The Labute approximate surface area is 128 Å². The summed E-state index contributed by atoms with van der Waals surface area (Å²) >= 11 is -0.427. The van der Waals surface area contributed by atoms with Crippen molar-refractivity contribution >= 4 is 17.7 Å². The van der Waals surface area contributed by atoms with Crippen LogP contribution in [0.3, 0.4) is 0 Å². The van der Waals surface area contributed by atoms with Gasteiger partial charge in [-0.05, 0) is 26.0 Å². The maximum Gasteiger partial charge on any atom is 0.447 e.